The summed E-state index contributed by atoms with van der Waals surface area (Å²) < 4.78 is 0.805. The summed E-state index contributed by atoms with van der Waals surface area (Å²) in [5.41, 5.74) is 3.01. The van der Waals surface area contributed by atoms with Crippen LogP contribution in [0.25, 0.3) is 11.0 Å². The third-order valence-corrected chi connectivity index (χ3v) is 4.61. The summed E-state index contributed by atoms with van der Waals surface area (Å²) in [6, 6.07) is 10.3. The molecule has 0 fully saturated rings. The Morgan fingerprint density at radius 3 is 2.81 bits per heavy atom. The fourth-order valence-corrected chi connectivity index (χ4v) is 3.54. The lowest BCUT2D eigenvalue weighted by molar-refractivity contribution is 0.608. The molecule has 0 amide bonds. The van der Waals surface area contributed by atoms with Crippen molar-refractivity contribution in [2.75, 3.05) is 6.54 Å². The van der Waals surface area contributed by atoms with E-state index in [2.05, 4.69) is 34.3 Å². The highest BCUT2D eigenvalue weighted by Gasteiger charge is 2.18. The number of nitrogens with one attached hydrogen (secondary N) is 1. The Labute approximate surface area is 133 Å². The highest BCUT2D eigenvalue weighted by Crippen LogP contribution is 2.33. The number of thiophene rings is 1. The molecule has 1 aromatic carbocycles. The molecule has 3 nitrogen and oxygen atoms in total. The van der Waals surface area contributed by atoms with E-state index in [-0.39, 0.29) is 6.04 Å². The molecule has 1 atom stereocenters. The summed E-state index contributed by atoms with van der Waals surface area (Å²) >= 11 is 7.71. The van der Waals surface area contributed by atoms with Crippen molar-refractivity contribution in [3.63, 3.8) is 0 Å². The van der Waals surface area contributed by atoms with Crippen molar-refractivity contribution in [2.45, 2.75) is 19.4 Å². The molecule has 1 unspecified atom stereocenters. The van der Waals surface area contributed by atoms with Gasteiger partial charge in [0, 0.05) is 22.8 Å². The lowest BCUT2D eigenvalue weighted by Crippen LogP contribution is -2.22. The zero-order valence-electron chi connectivity index (χ0n) is 11.7. The zero-order valence-corrected chi connectivity index (χ0v) is 13.3. The normalized spacial score (nSPS) is 12.7. The van der Waals surface area contributed by atoms with Crippen LogP contribution in [0.4, 0.5) is 0 Å². The highest BCUT2D eigenvalue weighted by atomic mass is 35.5. The number of para-hydroxylation sites is 1. The van der Waals surface area contributed by atoms with E-state index in [4.69, 9.17) is 11.6 Å². The summed E-state index contributed by atoms with van der Waals surface area (Å²) in [4.78, 5) is 10.1. The Morgan fingerprint density at radius 1 is 1.19 bits per heavy atom. The Balaban J connectivity index is 2.09. The van der Waals surface area contributed by atoms with Crippen LogP contribution in [0.15, 0.2) is 42.7 Å². The number of fused-ring (bicyclic) bond motifs is 1. The molecule has 3 rings (SSSR count). The first-order valence-electron chi connectivity index (χ1n) is 6.98. The Kier molecular flexibility index (Phi) is 4.48. The van der Waals surface area contributed by atoms with Crippen molar-refractivity contribution in [1.29, 1.82) is 0 Å². The predicted octanol–water partition coefficient (Wildman–Crippen LogP) is 4.43. The first kappa shape index (κ1) is 14.4. The van der Waals surface area contributed by atoms with E-state index in [9.17, 15) is 0 Å². The van der Waals surface area contributed by atoms with Gasteiger partial charge in [0.15, 0.2) is 0 Å². The van der Waals surface area contributed by atoms with Gasteiger partial charge in [-0.25, -0.2) is 0 Å². The van der Waals surface area contributed by atoms with Gasteiger partial charge in [-0.05, 0) is 31.2 Å². The minimum Gasteiger partial charge on any atom is -0.306 e. The number of halogens is 1. The van der Waals surface area contributed by atoms with E-state index in [1.165, 1.54) is 4.88 Å². The number of hydrogen-bond donors (Lipinski definition) is 1. The molecular formula is C16H16ClN3S. The highest BCUT2D eigenvalue weighted by molar-refractivity contribution is 7.16. The van der Waals surface area contributed by atoms with Crippen LogP contribution in [0.1, 0.15) is 29.8 Å². The summed E-state index contributed by atoms with van der Waals surface area (Å²) in [6.45, 7) is 3.10. The van der Waals surface area contributed by atoms with Gasteiger partial charge in [0.1, 0.15) is 0 Å². The van der Waals surface area contributed by atoms with Crippen LogP contribution in [0.5, 0.6) is 0 Å². The van der Waals surface area contributed by atoms with Gasteiger partial charge in [-0.15, -0.1) is 11.3 Å². The van der Waals surface area contributed by atoms with E-state index in [1.54, 1.807) is 23.7 Å². The van der Waals surface area contributed by atoms with Crippen LogP contribution < -0.4 is 5.32 Å². The van der Waals surface area contributed by atoms with Gasteiger partial charge in [-0.2, -0.15) is 0 Å². The minimum absolute atomic E-state index is 0.0999. The SMILES string of the molecule is CCCNC(c1ccc(Cl)s1)c1cccc2nccnc12. The van der Waals surface area contributed by atoms with Crippen LogP contribution >= 0.6 is 22.9 Å². The van der Waals surface area contributed by atoms with Crippen molar-refractivity contribution in [2.24, 2.45) is 0 Å². The first-order chi connectivity index (χ1) is 10.3. The number of rotatable bonds is 5. The van der Waals surface area contributed by atoms with Crippen molar-refractivity contribution >= 4 is 34.0 Å². The maximum atomic E-state index is 6.11. The molecule has 21 heavy (non-hydrogen) atoms. The van der Waals surface area contributed by atoms with E-state index in [0.29, 0.717) is 0 Å². The van der Waals surface area contributed by atoms with Gasteiger partial charge >= 0.3 is 0 Å². The number of nitrogens with zero attached hydrogens (tertiary/aromatic N) is 2. The van der Waals surface area contributed by atoms with Crippen LogP contribution in [-0.2, 0) is 0 Å². The minimum atomic E-state index is 0.0999. The van der Waals surface area contributed by atoms with Crippen LogP contribution in [0.2, 0.25) is 4.34 Å². The molecule has 0 saturated heterocycles. The molecule has 0 aliphatic carbocycles. The first-order valence-corrected chi connectivity index (χ1v) is 8.17. The maximum Gasteiger partial charge on any atom is 0.0938 e. The standard InChI is InChI=1S/C16H16ClN3S/c1-2-8-19-16(13-6-7-14(17)21-13)11-4-3-5-12-15(11)20-10-9-18-12/h3-7,9-10,16,19H,2,8H2,1H3. The fourth-order valence-electron chi connectivity index (χ4n) is 2.38. The van der Waals surface area contributed by atoms with E-state index >= 15 is 0 Å². The van der Waals surface area contributed by atoms with Crippen LogP contribution in [0, 0.1) is 0 Å². The Bertz CT molecular complexity index is 736. The van der Waals surface area contributed by atoms with Crippen LogP contribution in [0.3, 0.4) is 0 Å². The van der Waals surface area contributed by atoms with Gasteiger partial charge in [0.25, 0.3) is 0 Å². The number of aromatic nitrogens is 2. The predicted molar refractivity (Wildman–Crippen MR) is 89.0 cm³/mol. The lowest BCUT2D eigenvalue weighted by atomic mass is 10.0. The largest absolute Gasteiger partial charge is 0.306 e. The Morgan fingerprint density at radius 2 is 2.05 bits per heavy atom. The van der Waals surface area contributed by atoms with Crippen molar-refractivity contribution < 1.29 is 0 Å². The summed E-state index contributed by atoms with van der Waals surface area (Å²) in [5, 5.41) is 3.59. The van der Waals surface area contributed by atoms with Gasteiger partial charge in [-0.3, -0.25) is 9.97 Å². The number of benzene rings is 1. The van der Waals surface area contributed by atoms with E-state index in [1.807, 2.05) is 18.2 Å². The Hall–Kier alpha value is -1.49. The lowest BCUT2D eigenvalue weighted by Gasteiger charge is -2.18. The molecule has 3 aromatic rings. The van der Waals surface area contributed by atoms with Crippen LogP contribution in [-0.4, -0.2) is 16.5 Å². The maximum absolute atomic E-state index is 6.11. The van der Waals surface area contributed by atoms with Gasteiger partial charge in [0.05, 0.1) is 21.4 Å². The zero-order chi connectivity index (χ0) is 14.7. The average molecular weight is 318 g/mol. The molecule has 0 spiro atoms. The summed E-state index contributed by atoms with van der Waals surface area (Å²) in [5.74, 6) is 0. The number of hydrogen-bond acceptors (Lipinski definition) is 4. The molecule has 0 aliphatic rings. The molecule has 0 saturated carbocycles. The van der Waals surface area contributed by atoms with Gasteiger partial charge in [0.2, 0.25) is 0 Å². The van der Waals surface area contributed by atoms with E-state index < -0.39 is 0 Å². The quantitative estimate of drug-likeness (QED) is 0.756. The molecule has 0 bridgehead atoms. The summed E-state index contributed by atoms with van der Waals surface area (Å²) in [7, 11) is 0. The van der Waals surface area contributed by atoms with Gasteiger partial charge in [-0.1, -0.05) is 30.7 Å². The molecule has 2 heterocycles. The smallest absolute Gasteiger partial charge is 0.0938 e. The third kappa shape index (κ3) is 3.07. The molecule has 108 valence electrons. The monoisotopic (exact) mass is 317 g/mol. The third-order valence-electron chi connectivity index (χ3n) is 3.32. The molecule has 1 N–H and O–H groups in total. The topological polar surface area (TPSA) is 37.8 Å². The second-order valence-corrected chi connectivity index (χ2v) is 6.55. The van der Waals surface area contributed by atoms with Crippen molar-refractivity contribution in [3.05, 3.63) is 57.5 Å². The van der Waals surface area contributed by atoms with Gasteiger partial charge < -0.3 is 5.32 Å². The molecule has 5 heteroatoms. The molecule has 0 radical (unpaired) electrons. The van der Waals surface area contributed by atoms with E-state index in [0.717, 1.165) is 33.9 Å². The molecule has 2 aromatic heterocycles. The molecular weight excluding hydrogens is 302 g/mol. The summed E-state index contributed by atoms with van der Waals surface area (Å²) in [6.07, 6.45) is 4.54. The second kappa shape index (κ2) is 6.52. The van der Waals surface area contributed by atoms with Crippen molar-refractivity contribution in [3.8, 4) is 0 Å². The average Bonchev–Trinajstić information content (AvgIpc) is 2.94. The molecule has 0 aliphatic heterocycles. The second-order valence-electron chi connectivity index (χ2n) is 4.80. The fraction of sp³-hybridized carbons (Fsp3) is 0.250. The van der Waals surface area contributed by atoms with Crippen molar-refractivity contribution in [1.82, 2.24) is 15.3 Å².